The standard InChI is InChI=1S/C16H30N2O2/c1-12(2)13-4-7-18(8-5-13)15-11-16(6-3-14(15)17)19-9-10-20-16/h12-15H,3-11,17H2,1-2H3. The van der Waals surface area contributed by atoms with Crippen LogP contribution in [0.15, 0.2) is 0 Å². The minimum Gasteiger partial charge on any atom is -0.347 e. The lowest BCUT2D eigenvalue weighted by atomic mass is 9.81. The molecule has 2 atom stereocenters. The summed E-state index contributed by atoms with van der Waals surface area (Å²) in [5, 5.41) is 0. The molecule has 1 aliphatic carbocycles. The molecule has 0 bridgehead atoms. The van der Waals surface area contributed by atoms with Crippen LogP contribution in [0, 0.1) is 11.8 Å². The second-order valence-electron chi connectivity index (χ2n) is 7.20. The summed E-state index contributed by atoms with van der Waals surface area (Å²) in [5.74, 6) is 1.39. The predicted octanol–water partition coefficient (Wildman–Crippen LogP) is 1.98. The Morgan fingerprint density at radius 2 is 1.75 bits per heavy atom. The fourth-order valence-corrected chi connectivity index (χ4v) is 4.23. The summed E-state index contributed by atoms with van der Waals surface area (Å²) in [6.45, 7) is 8.58. The Labute approximate surface area is 123 Å². The number of nitrogens with two attached hydrogens (primary N) is 1. The molecule has 2 N–H and O–H groups in total. The number of hydrogen-bond acceptors (Lipinski definition) is 4. The van der Waals surface area contributed by atoms with Gasteiger partial charge in [-0.05, 0) is 44.2 Å². The molecule has 20 heavy (non-hydrogen) atoms. The molecule has 4 heteroatoms. The molecule has 3 rings (SSSR count). The van der Waals surface area contributed by atoms with Gasteiger partial charge in [-0.2, -0.15) is 0 Å². The maximum Gasteiger partial charge on any atom is 0.170 e. The van der Waals surface area contributed by atoms with Gasteiger partial charge in [0, 0.05) is 24.9 Å². The summed E-state index contributed by atoms with van der Waals surface area (Å²) >= 11 is 0. The van der Waals surface area contributed by atoms with E-state index in [0.29, 0.717) is 6.04 Å². The van der Waals surface area contributed by atoms with Crippen LogP contribution < -0.4 is 5.73 Å². The van der Waals surface area contributed by atoms with Gasteiger partial charge in [-0.15, -0.1) is 0 Å². The maximum absolute atomic E-state index is 6.40. The summed E-state index contributed by atoms with van der Waals surface area (Å²) in [4.78, 5) is 2.61. The van der Waals surface area contributed by atoms with E-state index in [0.717, 1.165) is 44.3 Å². The summed E-state index contributed by atoms with van der Waals surface area (Å²) in [5.41, 5.74) is 6.40. The van der Waals surface area contributed by atoms with Gasteiger partial charge < -0.3 is 15.2 Å². The van der Waals surface area contributed by atoms with Crippen LogP contribution in [0.25, 0.3) is 0 Å². The van der Waals surface area contributed by atoms with Crippen molar-refractivity contribution in [1.82, 2.24) is 4.90 Å². The zero-order valence-electron chi connectivity index (χ0n) is 13.0. The van der Waals surface area contributed by atoms with Crippen molar-refractivity contribution in [3.63, 3.8) is 0 Å². The van der Waals surface area contributed by atoms with Gasteiger partial charge in [0.15, 0.2) is 5.79 Å². The molecule has 1 saturated carbocycles. The molecule has 116 valence electrons. The third kappa shape index (κ3) is 2.89. The lowest BCUT2D eigenvalue weighted by Crippen LogP contribution is -2.57. The number of hydrogen-bond donors (Lipinski definition) is 1. The van der Waals surface area contributed by atoms with E-state index in [2.05, 4.69) is 18.7 Å². The minimum absolute atomic E-state index is 0.282. The van der Waals surface area contributed by atoms with Crippen molar-refractivity contribution in [2.24, 2.45) is 17.6 Å². The molecule has 0 amide bonds. The first-order chi connectivity index (χ1) is 9.60. The lowest BCUT2D eigenvalue weighted by Gasteiger charge is -2.47. The summed E-state index contributed by atoms with van der Waals surface area (Å²) in [7, 11) is 0. The molecule has 0 aromatic carbocycles. The third-order valence-corrected chi connectivity index (χ3v) is 5.67. The zero-order valence-corrected chi connectivity index (χ0v) is 13.0. The van der Waals surface area contributed by atoms with Gasteiger partial charge in [-0.3, -0.25) is 4.90 Å². The van der Waals surface area contributed by atoms with E-state index in [-0.39, 0.29) is 11.8 Å². The first kappa shape index (κ1) is 14.8. The van der Waals surface area contributed by atoms with Gasteiger partial charge in [0.05, 0.1) is 13.2 Å². The molecular formula is C16H30N2O2. The zero-order chi connectivity index (χ0) is 14.2. The Morgan fingerprint density at radius 3 is 2.35 bits per heavy atom. The number of ether oxygens (including phenoxy) is 2. The van der Waals surface area contributed by atoms with Crippen molar-refractivity contribution < 1.29 is 9.47 Å². The van der Waals surface area contributed by atoms with E-state index < -0.39 is 0 Å². The second kappa shape index (κ2) is 5.91. The van der Waals surface area contributed by atoms with E-state index in [1.807, 2.05) is 0 Å². The average molecular weight is 282 g/mol. The van der Waals surface area contributed by atoms with Crippen molar-refractivity contribution in [3.8, 4) is 0 Å². The summed E-state index contributed by atoms with van der Waals surface area (Å²) < 4.78 is 11.8. The Bertz CT molecular complexity index is 320. The van der Waals surface area contributed by atoms with E-state index in [1.54, 1.807) is 0 Å². The van der Waals surface area contributed by atoms with Gasteiger partial charge in [0.2, 0.25) is 0 Å². The highest BCUT2D eigenvalue weighted by molar-refractivity contribution is 4.96. The second-order valence-corrected chi connectivity index (χ2v) is 7.20. The van der Waals surface area contributed by atoms with Crippen molar-refractivity contribution in [3.05, 3.63) is 0 Å². The molecule has 2 heterocycles. The smallest absolute Gasteiger partial charge is 0.170 e. The van der Waals surface area contributed by atoms with E-state index in [1.165, 1.54) is 25.9 Å². The highest BCUT2D eigenvalue weighted by Gasteiger charge is 2.46. The SMILES string of the molecule is CC(C)C1CCN(C2CC3(CCC2N)OCCO3)CC1. The molecule has 0 aromatic heterocycles. The molecule has 0 radical (unpaired) electrons. The van der Waals surface area contributed by atoms with E-state index in [9.17, 15) is 0 Å². The largest absolute Gasteiger partial charge is 0.347 e. The Kier molecular flexibility index (Phi) is 4.37. The first-order valence-electron chi connectivity index (χ1n) is 8.37. The molecule has 2 aliphatic heterocycles. The van der Waals surface area contributed by atoms with Gasteiger partial charge in [-0.1, -0.05) is 13.8 Å². The lowest BCUT2D eigenvalue weighted by molar-refractivity contribution is -0.193. The highest BCUT2D eigenvalue weighted by atomic mass is 16.7. The monoisotopic (exact) mass is 282 g/mol. The summed E-state index contributed by atoms with van der Waals surface area (Å²) in [6, 6.07) is 0.721. The van der Waals surface area contributed by atoms with Crippen LogP contribution in [0.5, 0.6) is 0 Å². The molecule has 3 fully saturated rings. The topological polar surface area (TPSA) is 47.7 Å². The maximum atomic E-state index is 6.40. The molecule has 0 aromatic rings. The fourth-order valence-electron chi connectivity index (χ4n) is 4.23. The van der Waals surface area contributed by atoms with E-state index in [4.69, 9.17) is 15.2 Å². The van der Waals surface area contributed by atoms with Crippen LogP contribution >= 0.6 is 0 Å². The molecule has 2 saturated heterocycles. The quantitative estimate of drug-likeness (QED) is 0.841. The number of rotatable bonds is 2. The minimum atomic E-state index is -0.310. The van der Waals surface area contributed by atoms with Gasteiger partial charge >= 0.3 is 0 Å². The first-order valence-corrected chi connectivity index (χ1v) is 8.37. The van der Waals surface area contributed by atoms with Gasteiger partial charge in [0.1, 0.15) is 0 Å². The fraction of sp³-hybridized carbons (Fsp3) is 1.00. The van der Waals surface area contributed by atoms with E-state index >= 15 is 0 Å². The molecule has 4 nitrogen and oxygen atoms in total. The Hall–Kier alpha value is -0.160. The van der Waals surface area contributed by atoms with Crippen LogP contribution in [0.1, 0.15) is 46.0 Å². The average Bonchev–Trinajstić information content (AvgIpc) is 2.90. The van der Waals surface area contributed by atoms with Gasteiger partial charge in [-0.25, -0.2) is 0 Å². The molecule has 2 unspecified atom stereocenters. The third-order valence-electron chi connectivity index (χ3n) is 5.67. The van der Waals surface area contributed by atoms with Crippen LogP contribution in [0.4, 0.5) is 0 Å². The molecular weight excluding hydrogens is 252 g/mol. The Morgan fingerprint density at radius 1 is 1.10 bits per heavy atom. The van der Waals surface area contributed by atoms with Crippen LogP contribution in [0.2, 0.25) is 0 Å². The number of likely N-dealkylation sites (tertiary alicyclic amines) is 1. The predicted molar refractivity (Wildman–Crippen MR) is 79.4 cm³/mol. The van der Waals surface area contributed by atoms with Crippen molar-refractivity contribution in [2.75, 3.05) is 26.3 Å². The Balaban J connectivity index is 1.60. The summed E-state index contributed by atoms with van der Waals surface area (Å²) in [6.07, 6.45) is 5.58. The van der Waals surface area contributed by atoms with Crippen molar-refractivity contribution in [1.29, 1.82) is 0 Å². The van der Waals surface area contributed by atoms with Crippen LogP contribution in [-0.2, 0) is 9.47 Å². The number of piperidine rings is 1. The molecule has 3 aliphatic rings. The highest BCUT2D eigenvalue weighted by Crippen LogP contribution is 2.38. The molecule has 1 spiro atoms. The number of nitrogens with zero attached hydrogens (tertiary/aromatic N) is 1. The van der Waals surface area contributed by atoms with Crippen molar-refractivity contribution >= 4 is 0 Å². The normalized spacial score (nSPS) is 36.0. The van der Waals surface area contributed by atoms with Crippen LogP contribution in [-0.4, -0.2) is 49.1 Å². The van der Waals surface area contributed by atoms with Crippen LogP contribution in [0.3, 0.4) is 0 Å². The van der Waals surface area contributed by atoms with Crippen molar-refractivity contribution in [2.45, 2.75) is 63.8 Å². The van der Waals surface area contributed by atoms with Gasteiger partial charge in [0.25, 0.3) is 0 Å².